The van der Waals surface area contributed by atoms with Gasteiger partial charge in [-0.15, -0.1) is 11.8 Å². The van der Waals surface area contributed by atoms with Crippen molar-refractivity contribution in [3.63, 3.8) is 0 Å². The molecule has 1 aromatic carbocycles. The van der Waals surface area contributed by atoms with Crippen LogP contribution in [0.3, 0.4) is 0 Å². The zero-order valence-corrected chi connectivity index (χ0v) is 15.7. The smallest absolute Gasteiger partial charge is 0.417 e. The largest absolute Gasteiger partial charge is 0.465 e. The number of nitrogens with zero attached hydrogens (tertiary/aromatic N) is 1. The van der Waals surface area contributed by atoms with Gasteiger partial charge in [0.15, 0.2) is 0 Å². The molecule has 9 heteroatoms. The van der Waals surface area contributed by atoms with Gasteiger partial charge in [-0.25, -0.2) is 4.79 Å². The number of hydrogen-bond acceptors (Lipinski definition) is 3. The van der Waals surface area contributed by atoms with E-state index in [-0.39, 0.29) is 34.3 Å². The van der Waals surface area contributed by atoms with Gasteiger partial charge < -0.3 is 15.3 Å². The van der Waals surface area contributed by atoms with Crippen LogP contribution in [-0.4, -0.2) is 46.4 Å². The summed E-state index contributed by atoms with van der Waals surface area (Å²) in [6, 6.07) is 5.39. The van der Waals surface area contributed by atoms with E-state index in [9.17, 15) is 22.8 Å². The van der Waals surface area contributed by atoms with Crippen molar-refractivity contribution in [3.8, 4) is 0 Å². The Morgan fingerprint density at radius 1 is 1.22 bits per heavy atom. The fraction of sp³-hybridized carbons (Fsp3) is 0.556. The molecule has 27 heavy (non-hydrogen) atoms. The van der Waals surface area contributed by atoms with Crippen LogP contribution in [0.2, 0.25) is 0 Å². The van der Waals surface area contributed by atoms with E-state index in [1.165, 1.54) is 17.0 Å². The average Bonchev–Trinajstić information content (AvgIpc) is 3.06. The van der Waals surface area contributed by atoms with Gasteiger partial charge in [-0.05, 0) is 37.8 Å². The highest BCUT2D eigenvalue weighted by Crippen LogP contribution is 2.52. The zero-order valence-electron chi connectivity index (χ0n) is 14.9. The van der Waals surface area contributed by atoms with E-state index < -0.39 is 23.4 Å². The minimum absolute atomic E-state index is 0.0514. The molecule has 2 unspecified atom stereocenters. The Kier molecular flexibility index (Phi) is 5.09. The number of carbonyl (C=O) groups is 2. The van der Waals surface area contributed by atoms with E-state index in [4.69, 9.17) is 5.11 Å². The number of fused-ring (bicyclic) bond motifs is 1. The van der Waals surface area contributed by atoms with E-state index in [2.05, 4.69) is 5.32 Å². The number of hydrogen-bond donors (Lipinski definition) is 2. The minimum Gasteiger partial charge on any atom is -0.465 e. The van der Waals surface area contributed by atoms with Crippen molar-refractivity contribution in [2.45, 2.75) is 30.5 Å². The van der Waals surface area contributed by atoms with Gasteiger partial charge in [0.05, 0.1) is 5.56 Å². The van der Waals surface area contributed by atoms with Crippen LogP contribution in [0.25, 0.3) is 0 Å². The van der Waals surface area contributed by atoms with Crippen LogP contribution in [0.15, 0.2) is 29.2 Å². The van der Waals surface area contributed by atoms with Crippen molar-refractivity contribution in [1.29, 1.82) is 0 Å². The molecule has 2 N–H and O–H groups in total. The fourth-order valence-electron chi connectivity index (χ4n) is 3.61. The van der Waals surface area contributed by atoms with Gasteiger partial charge in [-0.1, -0.05) is 12.1 Å². The number of thioether (sulfide) groups is 1. The second-order valence-electron chi connectivity index (χ2n) is 7.70. The number of nitrogens with one attached hydrogen (secondary N) is 1. The van der Waals surface area contributed by atoms with Crippen molar-refractivity contribution < 1.29 is 27.9 Å². The number of carboxylic acid groups (broad SMARTS) is 1. The van der Waals surface area contributed by atoms with Crippen molar-refractivity contribution in [2.24, 2.45) is 17.8 Å². The SMILES string of the molecule is CC(C)(CSc1ccccc1C(F)(F)F)NC(=O)C1C2CN(C(=O)O)C[C@@H]21. The Morgan fingerprint density at radius 3 is 2.37 bits per heavy atom. The van der Waals surface area contributed by atoms with Crippen LogP contribution < -0.4 is 5.32 Å². The van der Waals surface area contributed by atoms with E-state index in [0.29, 0.717) is 13.1 Å². The summed E-state index contributed by atoms with van der Waals surface area (Å²) < 4.78 is 39.3. The molecule has 3 atom stereocenters. The molecule has 148 valence electrons. The summed E-state index contributed by atoms with van der Waals surface area (Å²) >= 11 is 1.06. The van der Waals surface area contributed by atoms with Crippen LogP contribution in [0.5, 0.6) is 0 Å². The molecule has 0 bridgehead atoms. The van der Waals surface area contributed by atoms with E-state index in [0.717, 1.165) is 17.8 Å². The lowest BCUT2D eigenvalue weighted by atomic mass is 10.1. The molecule has 2 amide bonds. The maximum absolute atomic E-state index is 13.1. The standard InChI is InChI=1S/C18H21F3N2O3S/c1-17(2,9-27-13-6-4-3-5-12(13)18(19,20)21)22-15(24)14-10-7-23(16(25)26)8-11(10)14/h3-6,10-11,14H,7-9H2,1-2H3,(H,22,24)(H,25,26)/t10-,11?,14?/m0/s1. The molecule has 1 aromatic rings. The quantitative estimate of drug-likeness (QED) is 0.739. The Hall–Kier alpha value is -1.90. The van der Waals surface area contributed by atoms with Gasteiger partial charge in [0.2, 0.25) is 5.91 Å². The molecule has 1 saturated carbocycles. The lowest BCUT2D eigenvalue weighted by Gasteiger charge is -2.27. The van der Waals surface area contributed by atoms with E-state index in [1.54, 1.807) is 19.9 Å². The van der Waals surface area contributed by atoms with Gasteiger partial charge >= 0.3 is 12.3 Å². The molecule has 1 saturated heterocycles. The highest BCUT2D eigenvalue weighted by Gasteiger charge is 2.60. The second-order valence-corrected chi connectivity index (χ2v) is 8.71. The predicted molar refractivity (Wildman–Crippen MR) is 94.5 cm³/mol. The summed E-state index contributed by atoms with van der Waals surface area (Å²) in [5.74, 6) is 0.0397. The molecule has 0 aromatic heterocycles. The van der Waals surface area contributed by atoms with Crippen molar-refractivity contribution in [2.75, 3.05) is 18.8 Å². The first-order valence-corrected chi connectivity index (χ1v) is 9.57. The molecular weight excluding hydrogens is 381 g/mol. The third-order valence-corrected chi connectivity index (χ3v) is 6.54. The molecule has 2 fully saturated rings. The van der Waals surface area contributed by atoms with Crippen molar-refractivity contribution in [1.82, 2.24) is 10.2 Å². The summed E-state index contributed by atoms with van der Waals surface area (Å²) in [6.07, 6.45) is -5.39. The van der Waals surface area contributed by atoms with Gasteiger partial charge in [0.25, 0.3) is 0 Å². The minimum atomic E-state index is -4.42. The molecule has 3 rings (SSSR count). The number of likely N-dealkylation sites (tertiary alicyclic amines) is 1. The lowest BCUT2D eigenvalue weighted by molar-refractivity contribution is -0.139. The van der Waals surface area contributed by atoms with Gasteiger partial charge in [-0.2, -0.15) is 13.2 Å². The Bertz CT molecular complexity index is 742. The molecule has 1 aliphatic carbocycles. The first-order chi connectivity index (χ1) is 12.5. The number of halogens is 3. The van der Waals surface area contributed by atoms with E-state index >= 15 is 0 Å². The molecule has 1 heterocycles. The number of piperidine rings is 1. The summed E-state index contributed by atoms with van der Waals surface area (Å²) in [7, 11) is 0. The molecule has 2 aliphatic rings. The Labute approximate surface area is 159 Å². The van der Waals surface area contributed by atoms with Crippen LogP contribution in [0, 0.1) is 17.8 Å². The summed E-state index contributed by atoms with van der Waals surface area (Å²) in [6.45, 7) is 4.28. The number of benzene rings is 1. The van der Waals surface area contributed by atoms with Gasteiger partial charge in [0, 0.05) is 35.2 Å². The maximum atomic E-state index is 13.1. The molecular formula is C18H21F3N2O3S. The third kappa shape index (κ3) is 4.34. The predicted octanol–water partition coefficient (Wildman–Crippen LogP) is 3.55. The van der Waals surface area contributed by atoms with E-state index in [1.807, 2.05) is 0 Å². The normalized spacial score (nSPS) is 24.5. The third-order valence-electron chi connectivity index (χ3n) is 5.01. The second kappa shape index (κ2) is 6.92. The summed E-state index contributed by atoms with van der Waals surface area (Å²) in [4.78, 5) is 24.9. The van der Waals surface area contributed by atoms with Crippen molar-refractivity contribution in [3.05, 3.63) is 29.8 Å². The molecule has 0 radical (unpaired) electrons. The number of rotatable bonds is 5. The first-order valence-electron chi connectivity index (χ1n) is 8.58. The van der Waals surface area contributed by atoms with Crippen LogP contribution in [0.1, 0.15) is 19.4 Å². The summed E-state index contributed by atoms with van der Waals surface area (Å²) in [5, 5.41) is 11.9. The maximum Gasteiger partial charge on any atom is 0.417 e. The number of amides is 2. The molecule has 1 aliphatic heterocycles. The highest BCUT2D eigenvalue weighted by molar-refractivity contribution is 7.99. The Balaban J connectivity index is 1.55. The monoisotopic (exact) mass is 402 g/mol. The number of alkyl halides is 3. The summed E-state index contributed by atoms with van der Waals surface area (Å²) in [5.41, 5.74) is -1.37. The average molecular weight is 402 g/mol. The first kappa shape index (κ1) is 19.9. The highest BCUT2D eigenvalue weighted by atomic mass is 32.2. The topological polar surface area (TPSA) is 69.6 Å². The van der Waals surface area contributed by atoms with Crippen LogP contribution in [0.4, 0.5) is 18.0 Å². The molecule has 0 spiro atoms. The van der Waals surface area contributed by atoms with Gasteiger partial charge in [-0.3, -0.25) is 4.79 Å². The van der Waals surface area contributed by atoms with Crippen LogP contribution >= 0.6 is 11.8 Å². The fourth-order valence-corrected chi connectivity index (χ4v) is 4.71. The lowest BCUT2D eigenvalue weighted by Crippen LogP contribution is -2.47. The Morgan fingerprint density at radius 2 is 1.81 bits per heavy atom. The zero-order chi connectivity index (χ0) is 20.0. The number of carbonyl (C=O) groups excluding carboxylic acids is 1. The van der Waals surface area contributed by atoms with Crippen molar-refractivity contribution >= 4 is 23.8 Å². The van der Waals surface area contributed by atoms with Gasteiger partial charge in [0.1, 0.15) is 0 Å². The molecule has 5 nitrogen and oxygen atoms in total. The van der Waals surface area contributed by atoms with Crippen LogP contribution in [-0.2, 0) is 11.0 Å².